The van der Waals surface area contributed by atoms with E-state index in [2.05, 4.69) is 20.8 Å². The van der Waals surface area contributed by atoms with E-state index in [0.29, 0.717) is 23.3 Å². The maximum atomic E-state index is 12.1. The zero-order chi connectivity index (χ0) is 18.6. The summed E-state index contributed by atoms with van der Waals surface area (Å²) in [6, 6.07) is 4.81. The number of benzene rings is 1. The highest BCUT2D eigenvalue weighted by atomic mass is 16.6. The monoisotopic (exact) mass is 348 g/mol. The Balaban J connectivity index is 1.91. The van der Waals surface area contributed by atoms with E-state index < -0.39 is 18.5 Å². The molecule has 3 atom stereocenters. The highest BCUT2D eigenvalue weighted by molar-refractivity contribution is 5.93. The Morgan fingerprint density at radius 1 is 1.28 bits per heavy atom. The molecule has 0 radical (unpaired) electrons. The van der Waals surface area contributed by atoms with Gasteiger partial charge in [-0.25, -0.2) is 9.59 Å². The van der Waals surface area contributed by atoms with Gasteiger partial charge in [0.15, 0.2) is 6.61 Å². The molecule has 1 aliphatic carbocycles. The molecule has 2 rings (SSSR count). The van der Waals surface area contributed by atoms with Crippen molar-refractivity contribution in [2.45, 2.75) is 53.1 Å². The van der Waals surface area contributed by atoms with E-state index >= 15 is 0 Å². The Kier molecular flexibility index (Phi) is 6.45. The number of carbonyl (C=O) groups excluding carboxylic acids is 2. The van der Waals surface area contributed by atoms with Gasteiger partial charge in [0.1, 0.15) is 17.4 Å². The van der Waals surface area contributed by atoms with Crippen molar-refractivity contribution in [3.8, 4) is 5.75 Å². The third-order valence-corrected chi connectivity index (χ3v) is 5.02. The number of ether oxygens (including phenoxy) is 2. The second kappa shape index (κ2) is 8.37. The lowest BCUT2D eigenvalue weighted by Crippen LogP contribution is -2.36. The Hall–Kier alpha value is -2.04. The van der Waals surface area contributed by atoms with E-state index in [1.165, 1.54) is 6.07 Å². The highest BCUT2D eigenvalue weighted by Gasteiger charge is 2.33. The van der Waals surface area contributed by atoms with Crippen molar-refractivity contribution in [1.82, 2.24) is 0 Å². The fourth-order valence-electron chi connectivity index (χ4n) is 3.48. The van der Waals surface area contributed by atoms with Crippen LogP contribution in [-0.2, 0) is 14.3 Å². The minimum atomic E-state index is -0.726. The van der Waals surface area contributed by atoms with Gasteiger partial charge in [0.05, 0.1) is 0 Å². The van der Waals surface area contributed by atoms with Crippen molar-refractivity contribution in [2.24, 2.45) is 17.8 Å². The number of carbonyl (C=O) groups is 2. The fourth-order valence-corrected chi connectivity index (χ4v) is 3.48. The number of hydrogen-bond donors (Lipinski definition) is 1. The van der Waals surface area contributed by atoms with E-state index in [-0.39, 0.29) is 17.4 Å². The molecule has 1 saturated carbocycles. The lowest BCUT2D eigenvalue weighted by atomic mass is 9.75. The molecular formula is C20H28O5. The number of para-hydroxylation sites is 1. The van der Waals surface area contributed by atoms with Crippen LogP contribution in [0.5, 0.6) is 5.75 Å². The molecular weight excluding hydrogens is 320 g/mol. The number of phenols is 1. The van der Waals surface area contributed by atoms with E-state index in [4.69, 9.17) is 9.47 Å². The number of esters is 2. The Morgan fingerprint density at radius 3 is 2.68 bits per heavy atom. The van der Waals surface area contributed by atoms with E-state index in [9.17, 15) is 14.7 Å². The molecule has 0 aliphatic heterocycles. The first-order valence-electron chi connectivity index (χ1n) is 8.94. The van der Waals surface area contributed by atoms with E-state index in [1.54, 1.807) is 19.1 Å². The number of aryl methyl sites for hydroxylation is 1. The van der Waals surface area contributed by atoms with Gasteiger partial charge >= 0.3 is 11.9 Å². The van der Waals surface area contributed by atoms with Gasteiger partial charge in [0.2, 0.25) is 0 Å². The van der Waals surface area contributed by atoms with Crippen LogP contribution < -0.4 is 0 Å². The lowest BCUT2D eigenvalue weighted by molar-refractivity contribution is -0.159. The normalized spacial score (nSPS) is 23.3. The van der Waals surface area contributed by atoms with Crippen LogP contribution in [0.25, 0.3) is 0 Å². The smallest absolute Gasteiger partial charge is 0.344 e. The van der Waals surface area contributed by atoms with Crippen molar-refractivity contribution in [3.05, 3.63) is 29.3 Å². The van der Waals surface area contributed by atoms with Crippen molar-refractivity contribution < 1.29 is 24.2 Å². The van der Waals surface area contributed by atoms with Crippen LogP contribution in [0.2, 0.25) is 0 Å². The van der Waals surface area contributed by atoms with Crippen LogP contribution in [-0.4, -0.2) is 29.8 Å². The first-order chi connectivity index (χ1) is 11.8. The molecule has 0 aromatic heterocycles. The van der Waals surface area contributed by atoms with Gasteiger partial charge in [-0.05, 0) is 49.1 Å². The largest absolute Gasteiger partial charge is 0.507 e. The minimum Gasteiger partial charge on any atom is -0.507 e. The second-order valence-electron chi connectivity index (χ2n) is 7.40. The van der Waals surface area contributed by atoms with Crippen molar-refractivity contribution in [1.29, 1.82) is 0 Å². The van der Waals surface area contributed by atoms with Crippen LogP contribution in [0.3, 0.4) is 0 Å². The summed E-state index contributed by atoms with van der Waals surface area (Å²) < 4.78 is 10.6. The molecule has 25 heavy (non-hydrogen) atoms. The van der Waals surface area contributed by atoms with Crippen LogP contribution in [0, 0.1) is 24.7 Å². The standard InChI is InChI=1S/C20H28O5/c1-12(2)15-9-8-13(3)10-17(15)25-18(21)11-24-20(23)16-7-5-6-14(4)19(16)22/h5-7,12-13,15,17,22H,8-11H2,1-4H3/t13-,15-,17-/m0/s1. The Labute approximate surface area is 149 Å². The van der Waals surface area contributed by atoms with Gasteiger partial charge in [-0.3, -0.25) is 0 Å². The highest BCUT2D eigenvalue weighted by Crippen LogP contribution is 2.35. The molecule has 0 unspecified atom stereocenters. The molecule has 1 aromatic rings. The number of aromatic hydroxyl groups is 1. The summed E-state index contributed by atoms with van der Waals surface area (Å²) in [5, 5.41) is 9.90. The van der Waals surface area contributed by atoms with Gasteiger partial charge in [-0.2, -0.15) is 0 Å². The predicted octanol–water partition coefficient (Wildman–Crippen LogP) is 3.86. The fraction of sp³-hybridized carbons (Fsp3) is 0.600. The predicted molar refractivity (Wildman–Crippen MR) is 94.3 cm³/mol. The third-order valence-electron chi connectivity index (χ3n) is 5.02. The first-order valence-corrected chi connectivity index (χ1v) is 8.94. The van der Waals surface area contributed by atoms with Crippen LogP contribution in [0.15, 0.2) is 18.2 Å². The Morgan fingerprint density at radius 2 is 2.00 bits per heavy atom. The van der Waals surface area contributed by atoms with Crippen molar-refractivity contribution in [3.63, 3.8) is 0 Å². The molecule has 0 spiro atoms. The third kappa shape index (κ3) is 4.97. The first kappa shape index (κ1) is 19.3. The quantitative estimate of drug-likeness (QED) is 0.818. The number of rotatable bonds is 5. The molecule has 5 nitrogen and oxygen atoms in total. The summed E-state index contributed by atoms with van der Waals surface area (Å²) >= 11 is 0. The minimum absolute atomic E-state index is 0.0548. The van der Waals surface area contributed by atoms with E-state index in [1.807, 2.05) is 0 Å². The average molecular weight is 348 g/mol. The molecule has 1 fully saturated rings. The van der Waals surface area contributed by atoms with Crippen LogP contribution in [0.1, 0.15) is 56.0 Å². The van der Waals surface area contributed by atoms with Gasteiger partial charge in [0, 0.05) is 0 Å². The van der Waals surface area contributed by atoms with Gasteiger partial charge in [-0.15, -0.1) is 0 Å². The Bertz CT molecular complexity index is 623. The molecule has 138 valence electrons. The van der Waals surface area contributed by atoms with E-state index in [0.717, 1.165) is 19.3 Å². The molecule has 1 aliphatic rings. The molecule has 0 saturated heterocycles. The van der Waals surface area contributed by atoms with Crippen molar-refractivity contribution in [2.75, 3.05) is 6.61 Å². The summed E-state index contributed by atoms with van der Waals surface area (Å²) in [5.74, 6) is -0.0731. The summed E-state index contributed by atoms with van der Waals surface area (Å²) in [6.45, 7) is 7.70. The molecule has 1 aromatic carbocycles. The second-order valence-corrected chi connectivity index (χ2v) is 7.40. The lowest BCUT2D eigenvalue weighted by Gasteiger charge is -2.36. The summed E-state index contributed by atoms with van der Waals surface area (Å²) in [7, 11) is 0. The van der Waals surface area contributed by atoms with Crippen LogP contribution >= 0.6 is 0 Å². The van der Waals surface area contributed by atoms with Crippen molar-refractivity contribution >= 4 is 11.9 Å². The SMILES string of the molecule is Cc1cccc(C(=O)OCC(=O)O[C@H]2C[C@@H](C)CC[C@H]2C(C)C)c1O. The topological polar surface area (TPSA) is 72.8 Å². The maximum Gasteiger partial charge on any atom is 0.344 e. The molecule has 0 bridgehead atoms. The summed E-state index contributed by atoms with van der Waals surface area (Å²) in [4.78, 5) is 24.2. The number of phenolic OH excluding ortho intramolecular Hbond substituents is 1. The molecule has 1 N–H and O–H groups in total. The molecule has 0 heterocycles. The zero-order valence-electron chi connectivity index (χ0n) is 15.5. The van der Waals surface area contributed by atoms with Crippen LogP contribution in [0.4, 0.5) is 0 Å². The van der Waals surface area contributed by atoms with Gasteiger partial charge in [0.25, 0.3) is 0 Å². The van der Waals surface area contributed by atoms with Gasteiger partial charge < -0.3 is 14.6 Å². The number of hydrogen-bond acceptors (Lipinski definition) is 5. The maximum absolute atomic E-state index is 12.1. The molecule has 0 amide bonds. The average Bonchev–Trinajstić information content (AvgIpc) is 2.55. The summed E-state index contributed by atoms with van der Waals surface area (Å²) in [5.41, 5.74) is 0.632. The van der Waals surface area contributed by atoms with Gasteiger partial charge in [-0.1, -0.05) is 39.3 Å². The zero-order valence-corrected chi connectivity index (χ0v) is 15.5. The molecule has 5 heteroatoms. The summed E-state index contributed by atoms with van der Waals surface area (Å²) in [6.07, 6.45) is 2.93.